The number of nitrogens with one attached hydrogen (secondary N) is 1. The molecule has 2 fully saturated rings. The number of benzene rings is 3. The van der Waals surface area contributed by atoms with E-state index >= 15 is 0 Å². The molecule has 1 saturated carbocycles. The SMILES string of the molecule is C[C@H](c1cccc2ccccc12)N1C[C@@H]2C(C(=O)NCc3cccc(F)c3)[C@@H]2C1. The maximum atomic E-state index is 13.3. The Morgan fingerprint density at radius 1 is 1.07 bits per heavy atom. The van der Waals surface area contributed by atoms with E-state index in [9.17, 15) is 9.18 Å². The number of nitrogens with zero attached hydrogens (tertiary/aromatic N) is 1. The van der Waals surface area contributed by atoms with Gasteiger partial charge in [-0.25, -0.2) is 4.39 Å². The summed E-state index contributed by atoms with van der Waals surface area (Å²) in [5.74, 6) is 0.847. The molecule has 1 aliphatic carbocycles. The predicted molar refractivity (Wildman–Crippen MR) is 113 cm³/mol. The molecule has 1 heterocycles. The number of hydrogen-bond acceptors (Lipinski definition) is 2. The van der Waals surface area contributed by atoms with Crippen molar-refractivity contribution in [2.24, 2.45) is 17.8 Å². The first-order valence-electron chi connectivity index (χ1n) is 10.4. The Hall–Kier alpha value is -2.72. The van der Waals surface area contributed by atoms with Crippen LogP contribution in [0, 0.1) is 23.6 Å². The monoisotopic (exact) mass is 388 g/mol. The molecule has 29 heavy (non-hydrogen) atoms. The summed E-state index contributed by atoms with van der Waals surface area (Å²) >= 11 is 0. The predicted octanol–water partition coefficient (Wildman–Crippen LogP) is 4.53. The van der Waals surface area contributed by atoms with Crippen molar-refractivity contribution in [2.45, 2.75) is 19.5 Å². The van der Waals surface area contributed by atoms with Crippen LogP contribution in [0.1, 0.15) is 24.1 Å². The van der Waals surface area contributed by atoms with Crippen LogP contribution in [0.3, 0.4) is 0 Å². The van der Waals surface area contributed by atoms with Gasteiger partial charge in [-0.1, -0.05) is 54.6 Å². The molecule has 1 N–H and O–H groups in total. The molecule has 4 atom stereocenters. The average molecular weight is 388 g/mol. The number of likely N-dealkylation sites (tertiary alicyclic amines) is 1. The molecule has 3 aromatic carbocycles. The van der Waals surface area contributed by atoms with Crippen LogP contribution >= 0.6 is 0 Å². The van der Waals surface area contributed by atoms with Crippen molar-refractivity contribution >= 4 is 16.7 Å². The van der Waals surface area contributed by atoms with Gasteiger partial charge in [0.15, 0.2) is 0 Å². The fourth-order valence-corrected chi connectivity index (χ4v) is 5.03. The van der Waals surface area contributed by atoms with Crippen molar-refractivity contribution in [3.05, 3.63) is 83.7 Å². The van der Waals surface area contributed by atoms with Crippen LogP contribution in [-0.2, 0) is 11.3 Å². The molecular formula is C25H25FN2O. The van der Waals surface area contributed by atoms with E-state index in [1.165, 1.54) is 28.5 Å². The second-order valence-corrected chi connectivity index (χ2v) is 8.40. The van der Waals surface area contributed by atoms with Crippen LogP contribution in [0.15, 0.2) is 66.7 Å². The highest BCUT2D eigenvalue weighted by atomic mass is 19.1. The van der Waals surface area contributed by atoms with E-state index in [4.69, 9.17) is 0 Å². The van der Waals surface area contributed by atoms with Crippen molar-refractivity contribution in [2.75, 3.05) is 13.1 Å². The van der Waals surface area contributed by atoms with E-state index in [2.05, 4.69) is 59.6 Å². The number of carbonyl (C=O) groups is 1. The highest BCUT2D eigenvalue weighted by Crippen LogP contribution is 2.53. The minimum absolute atomic E-state index is 0.111. The number of amides is 1. The molecule has 5 rings (SSSR count). The maximum absolute atomic E-state index is 13.3. The van der Waals surface area contributed by atoms with Gasteiger partial charge in [0, 0.05) is 31.6 Å². The molecular weight excluding hydrogens is 363 g/mol. The van der Waals surface area contributed by atoms with E-state index in [1.54, 1.807) is 6.07 Å². The lowest BCUT2D eigenvalue weighted by molar-refractivity contribution is -0.123. The minimum Gasteiger partial charge on any atom is -0.352 e. The molecule has 1 amide bonds. The fraction of sp³-hybridized carbons (Fsp3) is 0.320. The number of piperidine rings is 1. The highest BCUT2D eigenvalue weighted by molar-refractivity contribution is 5.86. The molecule has 3 aromatic rings. The number of rotatable bonds is 5. The van der Waals surface area contributed by atoms with Gasteiger partial charge in [0.1, 0.15) is 5.82 Å². The molecule has 0 spiro atoms. The molecule has 0 radical (unpaired) electrons. The minimum atomic E-state index is -0.266. The Kier molecular flexibility index (Phi) is 4.59. The number of fused-ring (bicyclic) bond motifs is 2. The Balaban J connectivity index is 1.20. The van der Waals surface area contributed by atoms with Gasteiger partial charge >= 0.3 is 0 Å². The second kappa shape index (κ2) is 7.27. The maximum Gasteiger partial charge on any atom is 0.224 e. The molecule has 1 aliphatic heterocycles. The quantitative estimate of drug-likeness (QED) is 0.696. The Morgan fingerprint density at radius 2 is 1.79 bits per heavy atom. The summed E-state index contributed by atoms with van der Waals surface area (Å²) in [7, 11) is 0. The van der Waals surface area contributed by atoms with Gasteiger partial charge in [-0.05, 0) is 52.8 Å². The Morgan fingerprint density at radius 3 is 2.59 bits per heavy atom. The van der Waals surface area contributed by atoms with Crippen LogP contribution in [0.4, 0.5) is 4.39 Å². The first-order chi connectivity index (χ1) is 14.1. The van der Waals surface area contributed by atoms with E-state index in [-0.39, 0.29) is 17.6 Å². The summed E-state index contributed by atoms with van der Waals surface area (Å²) in [6.45, 7) is 4.59. The van der Waals surface area contributed by atoms with E-state index in [1.807, 2.05) is 6.07 Å². The molecule has 0 bridgehead atoms. The third-order valence-electron chi connectivity index (χ3n) is 6.70. The summed E-state index contributed by atoms with van der Waals surface area (Å²) in [5.41, 5.74) is 2.16. The van der Waals surface area contributed by atoms with Gasteiger partial charge in [-0.2, -0.15) is 0 Å². The smallest absolute Gasteiger partial charge is 0.224 e. The number of carbonyl (C=O) groups excluding carboxylic acids is 1. The Bertz CT molecular complexity index is 1050. The average Bonchev–Trinajstić information content (AvgIpc) is 3.24. The standard InChI is InChI=1S/C25H25FN2O/c1-16(20-11-5-8-18-7-2-3-10-21(18)20)28-14-22-23(15-28)24(22)25(29)27-13-17-6-4-9-19(26)12-17/h2-12,16,22-24H,13-15H2,1H3,(H,27,29)/t16-,22-,23+,24?/m1/s1. The summed E-state index contributed by atoms with van der Waals surface area (Å²) in [6.07, 6.45) is 0. The Labute approximate surface area is 170 Å². The molecule has 3 nitrogen and oxygen atoms in total. The van der Waals surface area contributed by atoms with Gasteiger partial charge in [-0.3, -0.25) is 9.69 Å². The molecule has 148 valence electrons. The van der Waals surface area contributed by atoms with Crippen molar-refractivity contribution in [3.63, 3.8) is 0 Å². The van der Waals surface area contributed by atoms with Crippen molar-refractivity contribution in [3.8, 4) is 0 Å². The van der Waals surface area contributed by atoms with Gasteiger partial charge in [0.05, 0.1) is 0 Å². The molecule has 2 aliphatic rings. The number of hydrogen-bond donors (Lipinski definition) is 1. The summed E-state index contributed by atoms with van der Waals surface area (Å²) in [5, 5.41) is 5.58. The molecule has 0 aromatic heterocycles. The van der Waals surface area contributed by atoms with Gasteiger partial charge in [-0.15, -0.1) is 0 Å². The van der Waals surface area contributed by atoms with Crippen molar-refractivity contribution in [1.29, 1.82) is 0 Å². The lowest BCUT2D eigenvalue weighted by Crippen LogP contribution is -2.33. The summed E-state index contributed by atoms with van der Waals surface area (Å²) in [6, 6.07) is 21.8. The molecule has 1 unspecified atom stereocenters. The van der Waals surface area contributed by atoms with Crippen molar-refractivity contribution in [1.82, 2.24) is 10.2 Å². The highest BCUT2D eigenvalue weighted by Gasteiger charge is 2.59. The van der Waals surface area contributed by atoms with Crippen LogP contribution in [-0.4, -0.2) is 23.9 Å². The zero-order valence-corrected chi connectivity index (χ0v) is 16.5. The van der Waals surface area contributed by atoms with E-state index in [0.717, 1.165) is 18.7 Å². The molecule has 1 saturated heterocycles. The van der Waals surface area contributed by atoms with E-state index in [0.29, 0.717) is 24.4 Å². The topological polar surface area (TPSA) is 32.3 Å². The lowest BCUT2D eigenvalue weighted by Gasteiger charge is -2.28. The molecule has 4 heteroatoms. The third kappa shape index (κ3) is 3.42. The van der Waals surface area contributed by atoms with E-state index < -0.39 is 0 Å². The van der Waals surface area contributed by atoms with Gasteiger partial charge in [0.2, 0.25) is 5.91 Å². The zero-order valence-electron chi connectivity index (χ0n) is 16.5. The van der Waals surface area contributed by atoms with Crippen molar-refractivity contribution < 1.29 is 9.18 Å². The number of halogens is 1. The third-order valence-corrected chi connectivity index (χ3v) is 6.70. The first-order valence-corrected chi connectivity index (χ1v) is 10.4. The van der Waals surface area contributed by atoms with Crippen LogP contribution in [0.5, 0.6) is 0 Å². The van der Waals surface area contributed by atoms with Crippen LogP contribution in [0.25, 0.3) is 10.8 Å². The summed E-state index contributed by atoms with van der Waals surface area (Å²) < 4.78 is 13.3. The first kappa shape index (κ1) is 18.3. The van der Waals surface area contributed by atoms with Crippen LogP contribution in [0.2, 0.25) is 0 Å². The normalized spacial score (nSPS) is 24.3. The summed E-state index contributed by atoms with van der Waals surface area (Å²) in [4.78, 5) is 15.1. The van der Waals surface area contributed by atoms with Crippen LogP contribution < -0.4 is 5.32 Å². The largest absolute Gasteiger partial charge is 0.352 e. The van der Waals surface area contributed by atoms with Gasteiger partial charge < -0.3 is 5.32 Å². The zero-order chi connectivity index (χ0) is 20.0. The fourth-order valence-electron chi connectivity index (χ4n) is 5.03. The lowest BCUT2D eigenvalue weighted by atomic mass is 9.98. The second-order valence-electron chi connectivity index (χ2n) is 8.40. The van der Waals surface area contributed by atoms with Gasteiger partial charge in [0.25, 0.3) is 0 Å².